The van der Waals surface area contributed by atoms with Gasteiger partial charge in [0, 0.05) is 13.2 Å². The normalized spacial score (nSPS) is 10.7. The summed E-state index contributed by atoms with van der Waals surface area (Å²) in [4.78, 5) is 0. The first-order chi connectivity index (χ1) is 6.78. The molecule has 0 bridgehead atoms. The minimum Gasteiger partial charge on any atom is -0.255 e. The second kappa shape index (κ2) is 3.75. The average molecular weight is 213 g/mol. The molecule has 0 aromatic carbocycles. The van der Waals surface area contributed by atoms with Gasteiger partial charge in [-0.3, -0.25) is 4.68 Å². The van der Waals surface area contributed by atoms with E-state index in [1.807, 2.05) is 13.2 Å². The highest BCUT2D eigenvalue weighted by atomic mass is 35.5. The molecule has 0 spiro atoms. The van der Waals surface area contributed by atoms with Gasteiger partial charge in [0.25, 0.3) is 0 Å². The van der Waals surface area contributed by atoms with Crippen LogP contribution in [0.3, 0.4) is 0 Å². The van der Waals surface area contributed by atoms with Crippen molar-refractivity contribution in [3.05, 3.63) is 23.8 Å². The quantitative estimate of drug-likeness (QED) is 0.682. The molecule has 0 aliphatic rings. The van der Waals surface area contributed by atoms with Crippen LogP contribution in [-0.4, -0.2) is 30.0 Å². The zero-order chi connectivity index (χ0) is 9.97. The van der Waals surface area contributed by atoms with Crippen LogP contribution in [0.25, 0.3) is 0 Å². The fraction of sp³-hybridized carbons (Fsp3) is 0.429. The van der Waals surface area contributed by atoms with Crippen LogP contribution < -0.4 is 0 Å². The molecule has 0 unspecified atom stereocenters. The van der Waals surface area contributed by atoms with Gasteiger partial charge < -0.3 is 0 Å². The topological polar surface area (TPSA) is 61.4 Å². The third-order valence-electron chi connectivity index (χ3n) is 1.70. The Labute approximate surface area is 85.5 Å². The Bertz CT molecular complexity index is 419. The lowest BCUT2D eigenvalue weighted by Gasteiger charge is -1.92. The summed E-state index contributed by atoms with van der Waals surface area (Å²) >= 11 is 5.60. The first-order valence-electron chi connectivity index (χ1n) is 4.08. The third-order valence-corrected chi connectivity index (χ3v) is 1.97. The Kier molecular flexibility index (Phi) is 2.45. The van der Waals surface area contributed by atoms with Gasteiger partial charge in [-0.25, -0.2) is 4.68 Å². The summed E-state index contributed by atoms with van der Waals surface area (Å²) in [7, 11) is 1.82. The van der Waals surface area contributed by atoms with Crippen molar-refractivity contribution in [3.63, 3.8) is 0 Å². The van der Waals surface area contributed by atoms with Crippen molar-refractivity contribution >= 4 is 11.6 Å². The summed E-state index contributed by atoms with van der Waals surface area (Å²) in [5.74, 6) is 0.375. The third kappa shape index (κ3) is 1.90. The smallest absolute Gasteiger partial charge is 0.104 e. The van der Waals surface area contributed by atoms with E-state index < -0.39 is 0 Å². The molecule has 0 aliphatic heterocycles. The summed E-state index contributed by atoms with van der Waals surface area (Å²) in [6, 6.07) is 0. The van der Waals surface area contributed by atoms with E-state index in [2.05, 4.69) is 20.6 Å². The highest BCUT2D eigenvalue weighted by molar-refractivity contribution is 6.16. The second-order valence-corrected chi connectivity index (χ2v) is 3.19. The number of aryl methyl sites for hydroxylation is 1. The number of hydrogen-bond donors (Lipinski definition) is 0. The van der Waals surface area contributed by atoms with Gasteiger partial charge in [0.1, 0.15) is 5.69 Å². The fourth-order valence-electron chi connectivity index (χ4n) is 1.11. The largest absolute Gasteiger partial charge is 0.255 e. The SMILES string of the molecule is Cn1cc(Cn2cc(CCl)nn2)nn1. The van der Waals surface area contributed by atoms with Gasteiger partial charge in [-0.1, -0.05) is 10.4 Å². The van der Waals surface area contributed by atoms with E-state index >= 15 is 0 Å². The number of hydrogen-bond acceptors (Lipinski definition) is 4. The molecule has 0 saturated heterocycles. The molecule has 2 rings (SSSR count). The highest BCUT2D eigenvalue weighted by Gasteiger charge is 2.02. The maximum absolute atomic E-state index is 5.60. The van der Waals surface area contributed by atoms with E-state index in [0.29, 0.717) is 12.4 Å². The predicted octanol–water partition coefficient (Wildman–Crippen LogP) is 0.194. The summed E-state index contributed by atoms with van der Waals surface area (Å²) in [5, 5.41) is 15.5. The lowest BCUT2D eigenvalue weighted by atomic mass is 10.5. The van der Waals surface area contributed by atoms with Crippen molar-refractivity contribution < 1.29 is 0 Å². The van der Waals surface area contributed by atoms with Crippen LogP contribution in [0.1, 0.15) is 11.4 Å². The standard InChI is InChI=1S/C7H9ClN6/c1-13-3-7(10-11-13)5-14-4-6(2-8)9-12-14/h3-4H,2,5H2,1H3. The molecule has 2 aromatic heterocycles. The molecular weight excluding hydrogens is 204 g/mol. The van der Waals surface area contributed by atoms with Gasteiger partial charge in [-0.2, -0.15) is 0 Å². The first-order valence-corrected chi connectivity index (χ1v) is 4.61. The molecule has 0 radical (unpaired) electrons. The molecule has 0 saturated carbocycles. The zero-order valence-electron chi connectivity index (χ0n) is 7.63. The van der Waals surface area contributed by atoms with Gasteiger partial charge in [-0.05, 0) is 0 Å². The van der Waals surface area contributed by atoms with Crippen molar-refractivity contribution in [2.45, 2.75) is 12.4 Å². The number of nitrogens with zero attached hydrogens (tertiary/aromatic N) is 6. The van der Waals surface area contributed by atoms with Crippen LogP contribution in [0.2, 0.25) is 0 Å². The molecule has 0 N–H and O–H groups in total. The number of rotatable bonds is 3. The van der Waals surface area contributed by atoms with E-state index in [0.717, 1.165) is 11.4 Å². The molecule has 0 atom stereocenters. The molecule has 6 nitrogen and oxygen atoms in total. The van der Waals surface area contributed by atoms with Gasteiger partial charge in [0.05, 0.1) is 24.3 Å². The minimum absolute atomic E-state index is 0.375. The Morgan fingerprint density at radius 2 is 2.00 bits per heavy atom. The molecule has 2 aromatic rings. The number of alkyl halides is 1. The van der Waals surface area contributed by atoms with Gasteiger partial charge in [-0.15, -0.1) is 21.8 Å². The molecule has 0 aliphatic carbocycles. The monoisotopic (exact) mass is 212 g/mol. The maximum Gasteiger partial charge on any atom is 0.104 e. The van der Waals surface area contributed by atoms with Crippen LogP contribution in [0.4, 0.5) is 0 Å². The van der Waals surface area contributed by atoms with Crippen LogP contribution in [-0.2, 0) is 19.5 Å². The summed E-state index contributed by atoms with van der Waals surface area (Å²) in [6.07, 6.45) is 3.63. The fourth-order valence-corrected chi connectivity index (χ4v) is 1.23. The van der Waals surface area contributed by atoms with Crippen molar-refractivity contribution in [1.82, 2.24) is 30.0 Å². The van der Waals surface area contributed by atoms with E-state index in [4.69, 9.17) is 11.6 Å². The molecule has 7 heteroatoms. The van der Waals surface area contributed by atoms with E-state index in [9.17, 15) is 0 Å². The zero-order valence-corrected chi connectivity index (χ0v) is 8.39. The molecule has 74 valence electrons. The van der Waals surface area contributed by atoms with E-state index in [1.165, 1.54) is 0 Å². The van der Waals surface area contributed by atoms with Crippen molar-refractivity contribution in [2.24, 2.45) is 7.05 Å². The lowest BCUT2D eigenvalue weighted by Crippen LogP contribution is -2.00. The Hall–Kier alpha value is -1.43. The van der Waals surface area contributed by atoms with E-state index in [-0.39, 0.29) is 0 Å². The molecule has 14 heavy (non-hydrogen) atoms. The second-order valence-electron chi connectivity index (χ2n) is 2.92. The van der Waals surface area contributed by atoms with Crippen molar-refractivity contribution in [3.8, 4) is 0 Å². The van der Waals surface area contributed by atoms with Crippen LogP contribution in [0, 0.1) is 0 Å². The molecular formula is C7H9ClN6. The molecule has 0 fully saturated rings. The summed E-state index contributed by atoms with van der Waals surface area (Å²) in [5.41, 5.74) is 1.61. The minimum atomic E-state index is 0.375. The van der Waals surface area contributed by atoms with Gasteiger partial charge in [0.2, 0.25) is 0 Å². The number of aromatic nitrogens is 6. The average Bonchev–Trinajstić information content (AvgIpc) is 2.76. The van der Waals surface area contributed by atoms with Crippen LogP contribution in [0.5, 0.6) is 0 Å². The number of halogens is 1. The Morgan fingerprint density at radius 3 is 2.57 bits per heavy atom. The van der Waals surface area contributed by atoms with Gasteiger partial charge >= 0.3 is 0 Å². The first kappa shape index (κ1) is 9.14. The summed E-state index contributed by atoms with van der Waals surface area (Å²) < 4.78 is 3.33. The lowest BCUT2D eigenvalue weighted by molar-refractivity contribution is 0.636. The summed E-state index contributed by atoms with van der Waals surface area (Å²) in [6.45, 7) is 0.567. The predicted molar refractivity (Wildman–Crippen MR) is 49.7 cm³/mol. The van der Waals surface area contributed by atoms with Gasteiger partial charge in [0.15, 0.2) is 0 Å². The van der Waals surface area contributed by atoms with Crippen molar-refractivity contribution in [1.29, 1.82) is 0 Å². The van der Waals surface area contributed by atoms with Crippen LogP contribution >= 0.6 is 11.6 Å². The van der Waals surface area contributed by atoms with Crippen LogP contribution in [0.15, 0.2) is 12.4 Å². The van der Waals surface area contributed by atoms with Crippen molar-refractivity contribution in [2.75, 3.05) is 0 Å². The Morgan fingerprint density at radius 1 is 1.21 bits per heavy atom. The maximum atomic E-state index is 5.60. The highest BCUT2D eigenvalue weighted by Crippen LogP contribution is 2.00. The Balaban J connectivity index is 2.10. The van der Waals surface area contributed by atoms with E-state index in [1.54, 1.807) is 15.6 Å². The molecule has 2 heterocycles. The molecule has 0 amide bonds.